The summed E-state index contributed by atoms with van der Waals surface area (Å²) in [7, 11) is 0. The van der Waals surface area contributed by atoms with E-state index in [2.05, 4.69) is 31.2 Å². The van der Waals surface area contributed by atoms with Crippen LogP contribution in [-0.2, 0) is 4.79 Å². The van der Waals surface area contributed by atoms with Crippen LogP contribution in [0.25, 0.3) is 0 Å². The highest BCUT2D eigenvalue weighted by molar-refractivity contribution is 6.30. The average molecular weight is 424 g/mol. The first-order valence-electron chi connectivity index (χ1n) is 11.2. The first-order chi connectivity index (χ1) is 14.5. The molecule has 2 fully saturated rings. The Morgan fingerprint density at radius 3 is 2.70 bits per heavy atom. The fourth-order valence-corrected chi connectivity index (χ4v) is 5.33. The number of carbonyl (C=O) groups is 2. The lowest BCUT2D eigenvalue weighted by atomic mass is 9.88. The molecule has 1 unspecified atom stereocenters. The fraction of sp³-hybridized carbons (Fsp3) is 0.462. The molecule has 2 aliphatic rings. The van der Waals surface area contributed by atoms with E-state index < -0.39 is 0 Å². The van der Waals surface area contributed by atoms with Crippen LogP contribution in [0, 0.1) is 5.92 Å². The quantitative estimate of drug-likeness (QED) is 0.572. The number of halogens is 1. The molecule has 0 spiro atoms. The molecule has 4 rings (SSSR count). The molecule has 0 aromatic heterocycles. The molecule has 158 valence electrons. The normalized spacial score (nSPS) is 22.9. The molecule has 0 N–H and O–H groups in total. The molecular weight excluding hydrogens is 394 g/mol. The molecule has 4 heteroatoms. The highest BCUT2D eigenvalue weighted by Crippen LogP contribution is 2.42. The summed E-state index contributed by atoms with van der Waals surface area (Å²) in [6.07, 6.45) is 6.24. The predicted octanol–water partition coefficient (Wildman–Crippen LogP) is 6.22. The molecular formula is C26H30ClNO2. The molecule has 1 aliphatic heterocycles. The summed E-state index contributed by atoms with van der Waals surface area (Å²) in [6.45, 7) is 3.24. The zero-order valence-electron chi connectivity index (χ0n) is 17.6. The molecule has 1 aliphatic carbocycles. The van der Waals surface area contributed by atoms with Crippen LogP contribution in [-0.4, -0.2) is 29.7 Å². The highest BCUT2D eigenvalue weighted by Gasteiger charge is 2.28. The van der Waals surface area contributed by atoms with Crippen LogP contribution < -0.4 is 0 Å². The molecule has 2 aromatic carbocycles. The first-order valence-corrected chi connectivity index (χ1v) is 11.5. The van der Waals surface area contributed by atoms with Crippen LogP contribution in [0.4, 0.5) is 0 Å². The summed E-state index contributed by atoms with van der Waals surface area (Å²) >= 11 is 6.16. The minimum absolute atomic E-state index is 0.0192. The highest BCUT2D eigenvalue weighted by atomic mass is 35.5. The Kier molecular flexibility index (Phi) is 6.58. The second-order valence-electron chi connectivity index (χ2n) is 9.06. The Balaban J connectivity index is 1.34. The van der Waals surface area contributed by atoms with Gasteiger partial charge in [0.1, 0.15) is 0 Å². The number of piperidine rings is 1. The Hall–Kier alpha value is -2.13. The zero-order valence-corrected chi connectivity index (χ0v) is 18.4. The SMILES string of the molecule is C[C@@H](CC1CC[C@H](c2ccc(C(=O)N3CCCC(=O)C3)cc2)C1)c1cccc(Cl)c1. The van der Waals surface area contributed by atoms with Crippen LogP contribution >= 0.6 is 11.6 Å². The third-order valence-corrected chi connectivity index (χ3v) is 7.05. The third-order valence-electron chi connectivity index (χ3n) is 6.81. The third kappa shape index (κ3) is 4.95. The smallest absolute Gasteiger partial charge is 0.254 e. The summed E-state index contributed by atoms with van der Waals surface area (Å²) in [5.74, 6) is 1.95. The van der Waals surface area contributed by atoms with Crippen molar-refractivity contribution in [3.05, 3.63) is 70.2 Å². The van der Waals surface area contributed by atoms with Gasteiger partial charge in [0, 0.05) is 23.6 Å². The Labute approximate surface area is 184 Å². The Morgan fingerprint density at radius 2 is 1.97 bits per heavy atom. The fourth-order valence-electron chi connectivity index (χ4n) is 5.13. The number of hydrogen-bond acceptors (Lipinski definition) is 2. The zero-order chi connectivity index (χ0) is 21.1. The van der Waals surface area contributed by atoms with Crippen molar-refractivity contribution in [2.24, 2.45) is 5.92 Å². The summed E-state index contributed by atoms with van der Waals surface area (Å²) in [5, 5.41) is 0.812. The van der Waals surface area contributed by atoms with E-state index in [1.807, 2.05) is 24.3 Å². The minimum Gasteiger partial charge on any atom is -0.331 e. The minimum atomic E-state index is -0.0192. The number of likely N-dealkylation sites (tertiary alicyclic amines) is 1. The van der Waals surface area contributed by atoms with Crippen molar-refractivity contribution < 1.29 is 9.59 Å². The number of benzene rings is 2. The van der Waals surface area contributed by atoms with Crippen molar-refractivity contribution in [2.75, 3.05) is 13.1 Å². The second kappa shape index (κ2) is 9.34. The first kappa shape index (κ1) is 21.1. The molecule has 1 heterocycles. The average Bonchev–Trinajstić information content (AvgIpc) is 3.22. The van der Waals surface area contributed by atoms with Gasteiger partial charge in [-0.25, -0.2) is 0 Å². The van der Waals surface area contributed by atoms with E-state index in [1.54, 1.807) is 4.90 Å². The van der Waals surface area contributed by atoms with Crippen molar-refractivity contribution in [3.8, 4) is 0 Å². The molecule has 1 saturated heterocycles. The van der Waals surface area contributed by atoms with Crippen molar-refractivity contribution in [1.82, 2.24) is 4.90 Å². The van der Waals surface area contributed by atoms with Gasteiger partial charge in [-0.05, 0) is 85.3 Å². The van der Waals surface area contributed by atoms with Gasteiger partial charge in [-0.3, -0.25) is 9.59 Å². The van der Waals surface area contributed by atoms with Gasteiger partial charge in [0.2, 0.25) is 0 Å². The van der Waals surface area contributed by atoms with Crippen LogP contribution in [0.3, 0.4) is 0 Å². The number of Topliss-reactive ketones (excluding diaryl/α,β-unsaturated/α-hetero) is 1. The van der Waals surface area contributed by atoms with Crippen LogP contribution in [0.15, 0.2) is 48.5 Å². The molecule has 3 atom stereocenters. The number of ketones is 1. The van der Waals surface area contributed by atoms with Crippen LogP contribution in [0.2, 0.25) is 5.02 Å². The lowest BCUT2D eigenvalue weighted by Gasteiger charge is -2.26. The van der Waals surface area contributed by atoms with Crippen molar-refractivity contribution >= 4 is 23.3 Å². The van der Waals surface area contributed by atoms with Gasteiger partial charge in [-0.1, -0.05) is 42.8 Å². The molecule has 1 saturated carbocycles. The van der Waals surface area contributed by atoms with Crippen molar-refractivity contribution in [3.63, 3.8) is 0 Å². The number of nitrogens with zero attached hydrogens (tertiary/aromatic N) is 1. The lowest BCUT2D eigenvalue weighted by molar-refractivity contribution is -0.121. The van der Waals surface area contributed by atoms with E-state index in [9.17, 15) is 9.59 Å². The molecule has 0 bridgehead atoms. The number of amides is 1. The number of rotatable bonds is 5. The van der Waals surface area contributed by atoms with Crippen LogP contribution in [0.1, 0.15) is 78.8 Å². The maximum Gasteiger partial charge on any atom is 0.254 e. The monoisotopic (exact) mass is 423 g/mol. The van der Waals surface area contributed by atoms with Gasteiger partial charge in [0.05, 0.1) is 6.54 Å². The Bertz CT molecular complexity index is 908. The van der Waals surface area contributed by atoms with Crippen molar-refractivity contribution in [1.29, 1.82) is 0 Å². The molecule has 3 nitrogen and oxygen atoms in total. The molecule has 30 heavy (non-hydrogen) atoms. The standard InChI is InChI=1S/C26H30ClNO2/c1-18(22-4-2-5-24(27)16-22)14-19-7-8-23(15-19)20-9-11-21(12-10-20)26(30)28-13-3-6-25(29)17-28/h2,4-5,9-12,16,18-19,23H,3,6-8,13-15,17H2,1H3/t18-,19?,23-/m0/s1. The van der Waals surface area contributed by atoms with E-state index in [4.69, 9.17) is 11.6 Å². The van der Waals surface area contributed by atoms with E-state index in [-0.39, 0.29) is 18.2 Å². The van der Waals surface area contributed by atoms with E-state index in [0.29, 0.717) is 30.4 Å². The maximum atomic E-state index is 12.7. The van der Waals surface area contributed by atoms with Gasteiger partial charge in [0.25, 0.3) is 5.91 Å². The molecule has 1 amide bonds. The van der Waals surface area contributed by atoms with E-state index in [0.717, 1.165) is 17.4 Å². The largest absolute Gasteiger partial charge is 0.331 e. The summed E-state index contributed by atoms with van der Waals surface area (Å²) in [5.41, 5.74) is 3.35. The molecule has 0 radical (unpaired) electrons. The van der Waals surface area contributed by atoms with Gasteiger partial charge in [-0.15, -0.1) is 0 Å². The van der Waals surface area contributed by atoms with Crippen molar-refractivity contribution in [2.45, 2.75) is 57.3 Å². The number of carbonyl (C=O) groups excluding carboxylic acids is 2. The Morgan fingerprint density at radius 1 is 1.17 bits per heavy atom. The number of hydrogen-bond donors (Lipinski definition) is 0. The summed E-state index contributed by atoms with van der Waals surface area (Å²) in [4.78, 5) is 26.0. The second-order valence-corrected chi connectivity index (χ2v) is 9.50. The van der Waals surface area contributed by atoms with E-state index >= 15 is 0 Å². The summed E-state index contributed by atoms with van der Waals surface area (Å²) in [6, 6.07) is 16.4. The topological polar surface area (TPSA) is 37.4 Å². The maximum absolute atomic E-state index is 12.7. The van der Waals surface area contributed by atoms with Gasteiger partial charge >= 0.3 is 0 Å². The predicted molar refractivity (Wildman–Crippen MR) is 121 cm³/mol. The van der Waals surface area contributed by atoms with Gasteiger partial charge < -0.3 is 4.90 Å². The van der Waals surface area contributed by atoms with Crippen LogP contribution in [0.5, 0.6) is 0 Å². The molecule has 2 aromatic rings. The lowest BCUT2D eigenvalue weighted by Crippen LogP contribution is -2.40. The van der Waals surface area contributed by atoms with Gasteiger partial charge in [-0.2, -0.15) is 0 Å². The van der Waals surface area contributed by atoms with E-state index in [1.165, 1.54) is 36.8 Å². The van der Waals surface area contributed by atoms with Gasteiger partial charge in [0.15, 0.2) is 5.78 Å². The summed E-state index contributed by atoms with van der Waals surface area (Å²) < 4.78 is 0.